The van der Waals surface area contributed by atoms with E-state index in [2.05, 4.69) is 6.58 Å². The number of piperidine rings is 1. The van der Waals surface area contributed by atoms with E-state index in [0.717, 1.165) is 30.6 Å². The minimum atomic E-state index is -3.58. The summed E-state index contributed by atoms with van der Waals surface area (Å²) >= 11 is 0.989. The maximum absolute atomic E-state index is 12.8. The van der Waals surface area contributed by atoms with E-state index in [4.69, 9.17) is 4.74 Å². The van der Waals surface area contributed by atoms with Crippen molar-refractivity contribution < 1.29 is 23.1 Å². The van der Waals surface area contributed by atoms with E-state index in [-0.39, 0.29) is 9.78 Å². The molecule has 0 bridgehead atoms. The number of rotatable bonds is 8. The summed E-state index contributed by atoms with van der Waals surface area (Å²) in [6.45, 7) is 5.00. The molecule has 0 saturated carbocycles. The van der Waals surface area contributed by atoms with Gasteiger partial charge < -0.3 is 9.84 Å². The summed E-state index contributed by atoms with van der Waals surface area (Å²) in [4.78, 5) is 12.2. The number of carboxylic acids is 1. The molecule has 0 amide bonds. The van der Waals surface area contributed by atoms with Gasteiger partial charge in [0.05, 0.1) is 5.57 Å². The molecular formula is C21H23NO5S2. The van der Waals surface area contributed by atoms with Crippen molar-refractivity contribution in [1.29, 1.82) is 0 Å². The highest BCUT2D eigenvalue weighted by Gasteiger charge is 2.28. The van der Waals surface area contributed by atoms with Gasteiger partial charge in [0.15, 0.2) is 0 Å². The third-order valence-electron chi connectivity index (χ3n) is 4.55. The second-order valence-electron chi connectivity index (χ2n) is 6.62. The Hall–Kier alpha value is -2.42. The van der Waals surface area contributed by atoms with E-state index >= 15 is 0 Å². The molecule has 8 heteroatoms. The fraction of sp³-hybridized carbons (Fsp3) is 0.286. The molecule has 3 rings (SSSR count). The zero-order valence-corrected chi connectivity index (χ0v) is 17.5. The number of nitrogens with zero attached hydrogens (tertiary/aromatic N) is 1. The Bertz CT molecular complexity index is 1000. The monoisotopic (exact) mass is 433 g/mol. The number of carbonyl (C=O) groups is 1. The highest BCUT2D eigenvalue weighted by atomic mass is 32.2. The van der Waals surface area contributed by atoms with Crippen LogP contribution in [-0.2, 0) is 14.8 Å². The number of sulfonamides is 1. The summed E-state index contributed by atoms with van der Waals surface area (Å²) in [6.07, 6.45) is 5.91. The number of aliphatic carboxylic acids is 1. The van der Waals surface area contributed by atoms with Gasteiger partial charge in [0.1, 0.15) is 16.6 Å². The first-order valence-electron chi connectivity index (χ1n) is 9.31. The average molecular weight is 434 g/mol. The SMILES string of the molecule is C=CCOc1ccc(/C=C(\C(=O)O)c2ccc(S(=O)(=O)N3CCCCC3)s2)cc1. The van der Waals surface area contributed by atoms with Crippen LogP contribution in [-0.4, -0.2) is 43.5 Å². The normalized spacial score (nSPS) is 15.8. The molecular weight excluding hydrogens is 410 g/mol. The molecule has 29 heavy (non-hydrogen) atoms. The van der Waals surface area contributed by atoms with E-state index < -0.39 is 16.0 Å². The summed E-state index contributed by atoms with van der Waals surface area (Å²) < 4.78 is 32.7. The summed E-state index contributed by atoms with van der Waals surface area (Å²) in [5, 5.41) is 9.66. The summed E-state index contributed by atoms with van der Waals surface area (Å²) in [5.41, 5.74) is 0.733. The fourth-order valence-electron chi connectivity index (χ4n) is 3.06. The Morgan fingerprint density at radius 2 is 1.83 bits per heavy atom. The number of benzene rings is 1. The molecule has 0 spiro atoms. The first kappa shape index (κ1) is 21.3. The van der Waals surface area contributed by atoms with Gasteiger partial charge in [-0.1, -0.05) is 31.2 Å². The van der Waals surface area contributed by atoms with Gasteiger partial charge in [0.2, 0.25) is 0 Å². The molecule has 1 saturated heterocycles. The lowest BCUT2D eigenvalue weighted by molar-refractivity contribution is -0.130. The summed E-state index contributed by atoms with van der Waals surface area (Å²) in [5.74, 6) is -0.453. The van der Waals surface area contributed by atoms with Gasteiger partial charge in [-0.2, -0.15) is 4.31 Å². The Labute approximate surface area is 174 Å². The van der Waals surface area contributed by atoms with Gasteiger partial charge in [-0.25, -0.2) is 13.2 Å². The molecule has 1 fully saturated rings. The molecule has 1 aliphatic heterocycles. The van der Waals surface area contributed by atoms with Crippen LogP contribution in [0.5, 0.6) is 5.75 Å². The van der Waals surface area contributed by atoms with E-state index in [9.17, 15) is 18.3 Å². The lowest BCUT2D eigenvalue weighted by Gasteiger charge is -2.25. The van der Waals surface area contributed by atoms with E-state index in [1.807, 2.05) is 0 Å². The standard InChI is InChI=1S/C21H23NO5S2/c1-2-14-27-17-8-6-16(7-9-17)15-18(21(23)24)19-10-11-20(28-19)29(25,26)22-12-4-3-5-13-22/h2,6-11,15H,1,3-5,12-14H2,(H,23,24)/b18-15-. The van der Waals surface area contributed by atoms with Crippen LogP contribution in [0.15, 0.2) is 53.3 Å². The minimum absolute atomic E-state index is 0.0508. The molecule has 0 radical (unpaired) electrons. The quantitative estimate of drug-likeness (QED) is 0.500. The van der Waals surface area contributed by atoms with Crippen molar-refractivity contribution in [2.45, 2.75) is 23.5 Å². The molecule has 0 aliphatic carbocycles. The Morgan fingerprint density at radius 1 is 1.14 bits per heavy atom. The Kier molecular flexibility index (Phi) is 6.89. The zero-order valence-electron chi connectivity index (χ0n) is 15.9. The second kappa shape index (κ2) is 9.39. The van der Waals surface area contributed by atoms with Crippen LogP contribution in [0.3, 0.4) is 0 Å². The van der Waals surface area contributed by atoms with Crippen LogP contribution in [0.1, 0.15) is 29.7 Å². The van der Waals surface area contributed by atoms with Crippen molar-refractivity contribution in [1.82, 2.24) is 4.31 Å². The molecule has 0 unspecified atom stereocenters. The maximum Gasteiger partial charge on any atom is 0.337 e. The molecule has 6 nitrogen and oxygen atoms in total. The highest BCUT2D eigenvalue weighted by molar-refractivity contribution is 7.91. The van der Waals surface area contributed by atoms with Gasteiger partial charge in [-0.15, -0.1) is 11.3 Å². The van der Waals surface area contributed by atoms with Crippen LogP contribution >= 0.6 is 11.3 Å². The van der Waals surface area contributed by atoms with Crippen LogP contribution in [0.25, 0.3) is 11.6 Å². The first-order chi connectivity index (χ1) is 13.9. The predicted octanol–water partition coefficient (Wildman–Crippen LogP) is 4.11. The molecule has 154 valence electrons. The minimum Gasteiger partial charge on any atom is -0.490 e. The Balaban J connectivity index is 1.85. The van der Waals surface area contributed by atoms with Crippen LogP contribution in [0, 0.1) is 0 Å². The van der Waals surface area contributed by atoms with Crippen molar-refractivity contribution in [3.8, 4) is 5.75 Å². The zero-order chi connectivity index (χ0) is 20.9. The van der Waals surface area contributed by atoms with Crippen molar-refractivity contribution in [2.24, 2.45) is 0 Å². The topological polar surface area (TPSA) is 83.9 Å². The molecule has 0 atom stereocenters. The van der Waals surface area contributed by atoms with Gasteiger partial charge in [-0.05, 0) is 48.7 Å². The number of carboxylic acid groups (broad SMARTS) is 1. The predicted molar refractivity (Wildman–Crippen MR) is 115 cm³/mol. The number of ether oxygens (including phenoxy) is 1. The molecule has 1 aliphatic rings. The third-order valence-corrected chi connectivity index (χ3v) is 8.03. The highest BCUT2D eigenvalue weighted by Crippen LogP contribution is 2.32. The second-order valence-corrected chi connectivity index (χ2v) is 9.86. The fourth-order valence-corrected chi connectivity index (χ4v) is 6.04. The lowest BCUT2D eigenvalue weighted by Crippen LogP contribution is -2.35. The maximum atomic E-state index is 12.8. The number of hydrogen-bond donors (Lipinski definition) is 1. The Morgan fingerprint density at radius 3 is 2.45 bits per heavy atom. The first-order valence-corrected chi connectivity index (χ1v) is 11.6. The van der Waals surface area contributed by atoms with Crippen LogP contribution in [0.2, 0.25) is 0 Å². The molecule has 2 heterocycles. The lowest BCUT2D eigenvalue weighted by atomic mass is 10.1. The number of hydrogen-bond acceptors (Lipinski definition) is 5. The van der Waals surface area contributed by atoms with Crippen LogP contribution < -0.4 is 4.74 Å². The van der Waals surface area contributed by atoms with E-state index in [0.29, 0.717) is 35.9 Å². The van der Waals surface area contributed by atoms with Crippen molar-refractivity contribution in [3.63, 3.8) is 0 Å². The molecule has 1 aromatic carbocycles. The van der Waals surface area contributed by atoms with Gasteiger partial charge in [0, 0.05) is 18.0 Å². The number of thiophene rings is 1. The van der Waals surface area contributed by atoms with Gasteiger partial charge in [0.25, 0.3) is 10.0 Å². The molecule has 1 N–H and O–H groups in total. The average Bonchev–Trinajstić information content (AvgIpc) is 3.22. The van der Waals surface area contributed by atoms with E-state index in [1.54, 1.807) is 36.4 Å². The van der Waals surface area contributed by atoms with Crippen molar-refractivity contribution >= 4 is 39.0 Å². The van der Waals surface area contributed by atoms with Crippen LogP contribution in [0.4, 0.5) is 0 Å². The van der Waals surface area contributed by atoms with E-state index in [1.165, 1.54) is 16.4 Å². The van der Waals surface area contributed by atoms with Gasteiger partial charge >= 0.3 is 5.97 Å². The molecule has 1 aromatic heterocycles. The largest absolute Gasteiger partial charge is 0.490 e. The smallest absolute Gasteiger partial charge is 0.337 e. The summed E-state index contributed by atoms with van der Waals surface area (Å²) in [6, 6.07) is 10.0. The van der Waals surface area contributed by atoms with Crippen molar-refractivity contribution in [2.75, 3.05) is 19.7 Å². The van der Waals surface area contributed by atoms with Gasteiger partial charge in [-0.3, -0.25) is 0 Å². The third kappa shape index (κ3) is 5.14. The summed E-state index contributed by atoms with van der Waals surface area (Å²) in [7, 11) is -3.58. The molecule has 2 aromatic rings. The van der Waals surface area contributed by atoms with Crippen molar-refractivity contribution in [3.05, 3.63) is 59.5 Å².